The highest BCUT2D eigenvalue weighted by Crippen LogP contribution is 2.44. The first-order chi connectivity index (χ1) is 24.4. The number of phenols is 3. The molecule has 0 unspecified atom stereocenters. The maximum Gasteiger partial charge on any atom is 0.258 e. The molecule has 5 aromatic rings. The fourth-order valence-electron chi connectivity index (χ4n) is 6.55. The number of hydrogen-bond donors (Lipinski definition) is 4. The van der Waals surface area contributed by atoms with E-state index in [-0.39, 0.29) is 37.6 Å². The molecule has 7 rings (SSSR count). The average molecular weight is 726 g/mol. The van der Waals surface area contributed by atoms with Gasteiger partial charge in [0.2, 0.25) is 25.8 Å². The van der Waals surface area contributed by atoms with Crippen molar-refractivity contribution in [3.63, 3.8) is 0 Å². The third kappa shape index (κ3) is 6.68. The number of hydrogen-bond acceptors (Lipinski definition) is 8. The van der Waals surface area contributed by atoms with Crippen LogP contribution in [0.5, 0.6) is 17.2 Å². The van der Waals surface area contributed by atoms with Gasteiger partial charge in [-0.05, 0) is 70.0 Å². The van der Waals surface area contributed by atoms with E-state index >= 15 is 0 Å². The quantitative estimate of drug-likeness (QED) is 0.164. The van der Waals surface area contributed by atoms with Crippen LogP contribution in [0.3, 0.4) is 0 Å². The number of sulfonamides is 2. The van der Waals surface area contributed by atoms with E-state index in [4.69, 9.17) is 0 Å². The van der Waals surface area contributed by atoms with Crippen molar-refractivity contribution in [1.82, 2.24) is 13.9 Å². The zero-order chi connectivity index (χ0) is 35.9. The number of nitrogens with zero attached hydrogens (tertiary/aromatic N) is 2. The highest BCUT2D eigenvalue weighted by atomic mass is 32.2. The molecule has 5 aromatic carbocycles. The third-order valence-electron chi connectivity index (χ3n) is 9.47. The first kappa shape index (κ1) is 34.2. The Kier molecular flexibility index (Phi) is 9.06. The smallest absolute Gasteiger partial charge is 0.258 e. The zero-order valence-electron chi connectivity index (χ0n) is 27.4. The average Bonchev–Trinajstić information content (AvgIpc) is 3.15. The van der Waals surface area contributed by atoms with E-state index in [9.17, 15) is 36.9 Å². The van der Waals surface area contributed by atoms with Gasteiger partial charge >= 0.3 is 0 Å². The Morgan fingerprint density at radius 2 is 1.29 bits per heavy atom. The molecule has 262 valence electrons. The van der Waals surface area contributed by atoms with Crippen molar-refractivity contribution in [1.29, 1.82) is 0 Å². The van der Waals surface area contributed by atoms with Gasteiger partial charge in [-0.3, -0.25) is 4.79 Å². The summed E-state index contributed by atoms with van der Waals surface area (Å²) in [5.41, 5.74) is 5.53. The van der Waals surface area contributed by atoms with Crippen molar-refractivity contribution in [3.8, 4) is 28.4 Å². The fraction of sp³-hybridized carbons (Fsp3) is 0.184. The van der Waals surface area contributed by atoms with Crippen molar-refractivity contribution < 1.29 is 36.9 Å². The molecule has 0 aromatic heterocycles. The minimum absolute atomic E-state index is 0.0121. The second kappa shape index (κ2) is 13.5. The minimum atomic E-state index is -4.40. The first-order valence-electron chi connectivity index (χ1n) is 16.3. The molecular formula is C38H35N3O8S2. The molecule has 0 atom stereocenters. The summed E-state index contributed by atoms with van der Waals surface area (Å²) >= 11 is 0. The number of fused-ring (bicyclic) bond motifs is 2. The van der Waals surface area contributed by atoms with Crippen LogP contribution in [0.25, 0.3) is 11.1 Å². The summed E-state index contributed by atoms with van der Waals surface area (Å²) in [4.78, 5) is 14.4. The lowest BCUT2D eigenvalue weighted by Gasteiger charge is -2.30. The molecule has 13 heteroatoms. The maximum absolute atomic E-state index is 13.8. The van der Waals surface area contributed by atoms with Crippen molar-refractivity contribution in [2.75, 3.05) is 13.1 Å². The lowest BCUT2D eigenvalue weighted by atomic mass is 9.99. The molecule has 2 aliphatic heterocycles. The Morgan fingerprint density at radius 1 is 0.647 bits per heavy atom. The van der Waals surface area contributed by atoms with Crippen molar-refractivity contribution >= 4 is 26.0 Å². The molecule has 0 saturated carbocycles. The minimum Gasteiger partial charge on any atom is -0.504 e. The summed E-state index contributed by atoms with van der Waals surface area (Å²) in [6, 6.07) is 30.4. The number of carbonyl (C=O) groups excluding carboxylic acids is 1. The van der Waals surface area contributed by atoms with E-state index in [1.54, 1.807) is 12.1 Å². The van der Waals surface area contributed by atoms with Gasteiger partial charge in [0.1, 0.15) is 4.90 Å². The molecule has 2 heterocycles. The van der Waals surface area contributed by atoms with E-state index < -0.39 is 53.7 Å². The Balaban J connectivity index is 1.08. The highest BCUT2D eigenvalue weighted by molar-refractivity contribution is 7.89. The standard InChI is InChI=1S/C38H35N3O8S2/c42-35-33(21-34(36(43)37(35)44)51(48,49)41-19-17-27-8-4-5-9-30(27)24-41)38(45)40-18-16-29-14-15-32(20-31(29)23-40)50(46,47)39-22-25-10-12-28(13-11-25)26-6-2-1-3-7-26/h1-15,20-21,39,42-44H,16-19,22-24H2. The van der Waals surface area contributed by atoms with Gasteiger partial charge in [-0.15, -0.1) is 0 Å². The monoisotopic (exact) mass is 725 g/mol. The Labute approximate surface area is 296 Å². The van der Waals surface area contributed by atoms with Crippen LogP contribution >= 0.6 is 0 Å². The summed E-state index contributed by atoms with van der Waals surface area (Å²) in [5.74, 6) is -3.92. The second-order valence-corrected chi connectivity index (χ2v) is 16.3. The Morgan fingerprint density at radius 3 is 2.04 bits per heavy atom. The summed E-state index contributed by atoms with van der Waals surface area (Å²) in [7, 11) is -8.34. The van der Waals surface area contributed by atoms with Gasteiger partial charge in [-0.2, -0.15) is 4.31 Å². The van der Waals surface area contributed by atoms with E-state index in [1.807, 2.05) is 72.8 Å². The van der Waals surface area contributed by atoms with Gasteiger partial charge in [-0.1, -0.05) is 84.9 Å². The summed E-state index contributed by atoms with van der Waals surface area (Å²) < 4.78 is 57.9. The highest BCUT2D eigenvalue weighted by Gasteiger charge is 2.35. The second-order valence-electron chi connectivity index (χ2n) is 12.6. The molecule has 0 spiro atoms. The number of nitrogens with one attached hydrogen (secondary N) is 1. The lowest BCUT2D eigenvalue weighted by molar-refractivity contribution is 0.0730. The molecule has 0 saturated heterocycles. The number of benzene rings is 5. The van der Waals surface area contributed by atoms with Crippen molar-refractivity contribution in [2.45, 2.75) is 42.3 Å². The van der Waals surface area contributed by atoms with Crippen LogP contribution < -0.4 is 4.72 Å². The van der Waals surface area contributed by atoms with E-state index in [0.717, 1.165) is 43.8 Å². The molecular weight excluding hydrogens is 691 g/mol. The number of rotatable bonds is 8. The summed E-state index contributed by atoms with van der Waals surface area (Å²) in [6.45, 7) is 0.364. The lowest BCUT2D eigenvalue weighted by Crippen LogP contribution is -2.37. The van der Waals surface area contributed by atoms with Crippen LogP contribution in [0, 0.1) is 0 Å². The first-order valence-corrected chi connectivity index (χ1v) is 19.2. The Hall–Kier alpha value is -5.21. The SMILES string of the molecule is O=C(c1cc(S(=O)(=O)N2CCc3ccccc3C2)c(O)c(O)c1O)N1CCc2ccc(S(=O)(=O)NCc3ccc(-c4ccccc4)cc3)cc2C1. The number of carbonyl (C=O) groups is 1. The Bertz CT molecular complexity index is 2370. The van der Waals surface area contributed by atoms with Crippen LogP contribution in [0.1, 0.15) is 38.2 Å². The number of phenolic OH excluding ortho intramolecular Hbond substituents is 3. The normalized spacial score (nSPS) is 14.9. The molecule has 11 nitrogen and oxygen atoms in total. The van der Waals surface area contributed by atoms with Crippen molar-refractivity contribution in [3.05, 3.63) is 137 Å². The van der Waals surface area contributed by atoms with Crippen LogP contribution in [-0.2, 0) is 52.5 Å². The largest absolute Gasteiger partial charge is 0.504 e. The van der Waals surface area contributed by atoms with E-state index in [0.29, 0.717) is 18.4 Å². The summed E-state index contributed by atoms with van der Waals surface area (Å²) in [5, 5.41) is 32.0. The molecule has 2 aliphatic rings. The van der Waals surface area contributed by atoms with E-state index in [2.05, 4.69) is 4.72 Å². The van der Waals surface area contributed by atoms with Gasteiger partial charge in [0.25, 0.3) is 5.91 Å². The van der Waals surface area contributed by atoms with Crippen LogP contribution in [-0.4, -0.2) is 60.4 Å². The number of amides is 1. The van der Waals surface area contributed by atoms with Gasteiger partial charge in [0.15, 0.2) is 11.5 Å². The fourth-order valence-corrected chi connectivity index (χ4v) is 9.14. The predicted molar refractivity (Wildman–Crippen MR) is 190 cm³/mol. The molecule has 4 N–H and O–H groups in total. The molecule has 1 amide bonds. The topological polar surface area (TPSA) is 165 Å². The zero-order valence-corrected chi connectivity index (χ0v) is 29.0. The van der Waals surface area contributed by atoms with Gasteiger partial charge in [0.05, 0.1) is 10.5 Å². The summed E-state index contributed by atoms with van der Waals surface area (Å²) in [6.07, 6.45) is 0.806. The van der Waals surface area contributed by atoms with Crippen LogP contribution in [0.4, 0.5) is 0 Å². The van der Waals surface area contributed by atoms with Crippen LogP contribution in [0.2, 0.25) is 0 Å². The van der Waals surface area contributed by atoms with Gasteiger partial charge in [0, 0.05) is 32.7 Å². The molecule has 51 heavy (non-hydrogen) atoms. The van der Waals surface area contributed by atoms with E-state index in [1.165, 1.54) is 17.0 Å². The molecule has 0 aliphatic carbocycles. The predicted octanol–water partition coefficient (Wildman–Crippen LogP) is 4.89. The van der Waals surface area contributed by atoms with Crippen molar-refractivity contribution in [2.24, 2.45) is 0 Å². The maximum atomic E-state index is 13.8. The molecule has 0 bridgehead atoms. The van der Waals surface area contributed by atoms with Gasteiger partial charge in [-0.25, -0.2) is 21.6 Å². The van der Waals surface area contributed by atoms with Crippen LogP contribution in [0.15, 0.2) is 113 Å². The third-order valence-corrected chi connectivity index (χ3v) is 12.7. The molecule has 0 fully saturated rings. The van der Waals surface area contributed by atoms with Gasteiger partial charge < -0.3 is 20.2 Å². The molecule has 0 radical (unpaired) electrons. The number of aromatic hydroxyl groups is 3.